The van der Waals surface area contributed by atoms with Crippen LogP contribution in [0.15, 0.2) is 54.6 Å². The summed E-state index contributed by atoms with van der Waals surface area (Å²) in [6, 6.07) is 17.0. The van der Waals surface area contributed by atoms with Crippen LogP contribution >= 0.6 is 0 Å². The van der Waals surface area contributed by atoms with E-state index in [4.69, 9.17) is 4.74 Å². The summed E-state index contributed by atoms with van der Waals surface area (Å²) in [5.41, 5.74) is 2.79. The van der Waals surface area contributed by atoms with Gasteiger partial charge in [0.05, 0.1) is 0 Å². The molecule has 0 aromatic heterocycles. The third-order valence-corrected chi connectivity index (χ3v) is 3.47. The molecule has 0 fully saturated rings. The van der Waals surface area contributed by atoms with Crippen LogP contribution in [0.4, 0.5) is 10.5 Å². The quantitative estimate of drug-likeness (QED) is 0.851. The molecular weight excluding hydrogens is 304 g/mol. The van der Waals surface area contributed by atoms with Gasteiger partial charge in [0.15, 0.2) is 0 Å². The van der Waals surface area contributed by atoms with Crippen molar-refractivity contribution in [1.82, 2.24) is 5.32 Å². The molecule has 0 spiro atoms. The summed E-state index contributed by atoms with van der Waals surface area (Å²) in [7, 11) is 0. The SMILES string of the molecule is CC(C)c1ccc(NC(=O)CNC(=O)OCc2ccccc2)cc1. The molecule has 0 heterocycles. The van der Waals surface area contributed by atoms with E-state index in [0.717, 1.165) is 5.56 Å². The second-order valence-electron chi connectivity index (χ2n) is 5.74. The van der Waals surface area contributed by atoms with Crippen LogP contribution in [0, 0.1) is 0 Å². The van der Waals surface area contributed by atoms with Crippen molar-refractivity contribution in [3.05, 3.63) is 65.7 Å². The predicted molar refractivity (Wildman–Crippen MR) is 93.8 cm³/mol. The average molecular weight is 326 g/mol. The van der Waals surface area contributed by atoms with Crippen LogP contribution in [0.25, 0.3) is 0 Å². The van der Waals surface area contributed by atoms with Crippen molar-refractivity contribution < 1.29 is 14.3 Å². The fourth-order valence-corrected chi connectivity index (χ4v) is 2.08. The Morgan fingerprint density at radius 1 is 1.00 bits per heavy atom. The van der Waals surface area contributed by atoms with Crippen LogP contribution in [-0.4, -0.2) is 18.5 Å². The number of ether oxygens (including phenoxy) is 1. The van der Waals surface area contributed by atoms with E-state index in [1.165, 1.54) is 5.56 Å². The molecule has 0 saturated carbocycles. The van der Waals surface area contributed by atoms with Crippen LogP contribution in [0.2, 0.25) is 0 Å². The van der Waals surface area contributed by atoms with E-state index in [0.29, 0.717) is 11.6 Å². The summed E-state index contributed by atoms with van der Waals surface area (Å²) in [4.78, 5) is 23.4. The van der Waals surface area contributed by atoms with Gasteiger partial charge in [-0.2, -0.15) is 0 Å². The molecule has 0 aliphatic heterocycles. The van der Waals surface area contributed by atoms with E-state index >= 15 is 0 Å². The molecule has 24 heavy (non-hydrogen) atoms. The molecule has 126 valence electrons. The maximum absolute atomic E-state index is 11.8. The second-order valence-corrected chi connectivity index (χ2v) is 5.74. The van der Waals surface area contributed by atoms with E-state index in [1.54, 1.807) is 0 Å². The molecule has 0 bridgehead atoms. The molecule has 0 unspecified atom stereocenters. The Kier molecular flexibility index (Phi) is 6.37. The van der Waals surface area contributed by atoms with E-state index in [9.17, 15) is 9.59 Å². The second kappa shape index (κ2) is 8.72. The highest BCUT2D eigenvalue weighted by atomic mass is 16.5. The van der Waals surface area contributed by atoms with Crippen molar-refractivity contribution >= 4 is 17.7 Å². The first-order chi connectivity index (χ1) is 11.5. The van der Waals surface area contributed by atoms with Gasteiger partial charge < -0.3 is 15.4 Å². The summed E-state index contributed by atoms with van der Waals surface area (Å²) in [5.74, 6) is 0.139. The summed E-state index contributed by atoms with van der Waals surface area (Å²) in [5, 5.41) is 5.16. The monoisotopic (exact) mass is 326 g/mol. The van der Waals surface area contributed by atoms with Gasteiger partial charge in [-0.15, -0.1) is 0 Å². The van der Waals surface area contributed by atoms with E-state index in [-0.39, 0.29) is 19.1 Å². The van der Waals surface area contributed by atoms with Gasteiger partial charge in [0, 0.05) is 5.69 Å². The molecule has 2 rings (SSSR count). The van der Waals surface area contributed by atoms with Crippen molar-refractivity contribution in [2.45, 2.75) is 26.4 Å². The van der Waals surface area contributed by atoms with Gasteiger partial charge in [-0.25, -0.2) is 4.79 Å². The van der Waals surface area contributed by atoms with E-state index in [1.807, 2.05) is 54.6 Å². The highest BCUT2D eigenvalue weighted by molar-refractivity contribution is 5.93. The molecule has 0 saturated heterocycles. The summed E-state index contributed by atoms with van der Waals surface area (Å²) in [6.45, 7) is 4.25. The predicted octanol–water partition coefficient (Wildman–Crippen LogP) is 3.67. The smallest absolute Gasteiger partial charge is 0.407 e. The Morgan fingerprint density at radius 2 is 1.67 bits per heavy atom. The lowest BCUT2D eigenvalue weighted by atomic mass is 10.0. The zero-order chi connectivity index (χ0) is 17.4. The Morgan fingerprint density at radius 3 is 2.29 bits per heavy atom. The minimum absolute atomic E-state index is 0.139. The average Bonchev–Trinajstić information content (AvgIpc) is 2.59. The first-order valence-corrected chi connectivity index (χ1v) is 7.89. The third kappa shape index (κ3) is 5.76. The maximum Gasteiger partial charge on any atom is 0.407 e. The van der Waals surface area contributed by atoms with Crippen molar-refractivity contribution in [2.75, 3.05) is 11.9 Å². The van der Waals surface area contributed by atoms with Gasteiger partial charge in [-0.1, -0.05) is 56.3 Å². The minimum Gasteiger partial charge on any atom is -0.445 e. The zero-order valence-electron chi connectivity index (χ0n) is 13.9. The number of benzene rings is 2. The number of rotatable bonds is 6. The molecule has 0 radical (unpaired) electrons. The maximum atomic E-state index is 11.8. The molecular formula is C19H22N2O3. The normalized spacial score (nSPS) is 10.3. The van der Waals surface area contributed by atoms with Crippen LogP contribution in [-0.2, 0) is 16.1 Å². The molecule has 0 aliphatic rings. The number of nitrogens with one attached hydrogen (secondary N) is 2. The standard InChI is InChI=1S/C19H22N2O3/c1-14(2)16-8-10-17(11-9-16)21-18(22)12-20-19(23)24-13-15-6-4-3-5-7-15/h3-11,14H,12-13H2,1-2H3,(H,20,23)(H,21,22). The van der Waals surface area contributed by atoms with Gasteiger partial charge in [-0.05, 0) is 29.2 Å². The van der Waals surface area contributed by atoms with Gasteiger partial charge >= 0.3 is 6.09 Å². The van der Waals surface area contributed by atoms with Gasteiger partial charge in [0.2, 0.25) is 5.91 Å². The highest BCUT2D eigenvalue weighted by Gasteiger charge is 2.07. The number of anilines is 1. The molecule has 0 atom stereocenters. The molecule has 5 heteroatoms. The van der Waals surface area contributed by atoms with Gasteiger partial charge in [-0.3, -0.25) is 4.79 Å². The number of amides is 2. The van der Waals surface area contributed by atoms with Crippen LogP contribution < -0.4 is 10.6 Å². The van der Waals surface area contributed by atoms with Crippen LogP contribution in [0.5, 0.6) is 0 Å². The topological polar surface area (TPSA) is 67.4 Å². The first-order valence-electron chi connectivity index (χ1n) is 7.89. The number of alkyl carbamates (subject to hydrolysis) is 1. The van der Waals surface area contributed by atoms with Crippen LogP contribution in [0.1, 0.15) is 30.9 Å². The summed E-state index contributed by atoms with van der Waals surface area (Å²) < 4.78 is 5.04. The molecule has 2 N–H and O–H groups in total. The largest absolute Gasteiger partial charge is 0.445 e. The van der Waals surface area contributed by atoms with Crippen molar-refractivity contribution in [2.24, 2.45) is 0 Å². The van der Waals surface area contributed by atoms with Crippen LogP contribution in [0.3, 0.4) is 0 Å². The highest BCUT2D eigenvalue weighted by Crippen LogP contribution is 2.16. The Hall–Kier alpha value is -2.82. The summed E-state index contributed by atoms with van der Waals surface area (Å²) >= 11 is 0. The minimum atomic E-state index is -0.621. The van der Waals surface area contributed by atoms with Gasteiger partial charge in [0.25, 0.3) is 0 Å². The fraction of sp³-hybridized carbons (Fsp3) is 0.263. The lowest BCUT2D eigenvalue weighted by Gasteiger charge is -2.09. The molecule has 5 nitrogen and oxygen atoms in total. The van der Waals surface area contributed by atoms with Crippen molar-refractivity contribution in [3.8, 4) is 0 Å². The number of carbonyl (C=O) groups excluding carboxylic acids is 2. The summed E-state index contributed by atoms with van der Waals surface area (Å²) in [6.07, 6.45) is -0.621. The Labute approximate surface area is 142 Å². The molecule has 0 aliphatic carbocycles. The zero-order valence-corrected chi connectivity index (χ0v) is 13.9. The van der Waals surface area contributed by atoms with Gasteiger partial charge in [0.1, 0.15) is 13.2 Å². The third-order valence-electron chi connectivity index (χ3n) is 3.47. The fourth-order valence-electron chi connectivity index (χ4n) is 2.08. The Bertz CT molecular complexity index is 667. The lowest BCUT2D eigenvalue weighted by Crippen LogP contribution is -2.33. The molecule has 2 aromatic rings. The lowest BCUT2D eigenvalue weighted by molar-refractivity contribution is -0.115. The van der Waals surface area contributed by atoms with Crippen molar-refractivity contribution in [3.63, 3.8) is 0 Å². The number of carbonyl (C=O) groups is 2. The van der Waals surface area contributed by atoms with E-state index in [2.05, 4.69) is 24.5 Å². The van der Waals surface area contributed by atoms with E-state index < -0.39 is 6.09 Å². The Balaban J connectivity index is 1.71. The number of hydrogen-bond donors (Lipinski definition) is 2. The molecule has 2 amide bonds. The number of hydrogen-bond acceptors (Lipinski definition) is 3. The molecule has 2 aromatic carbocycles. The van der Waals surface area contributed by atoms with Crippen molar-refractivity contribution in [1.29, 1.82) is 0 Å². The first kappa shape index (κ1) is 17.5.